The molecule has 0 aromatic carbocycles. The monoisotopic (exact) mass is 578 g/mol. The molecule has 39 heavy (non-hydrogen) atoms. The maximum Gasteiger partial charge on any atom is 0.472 e. The van der Waals surface area contributed by atoms with E-state index in [0.29, 0.717) is 6.42 Å². The van der Waals surface area contributed by atoms with Crippen molar-refractivity contribution in [3.63, 3.8) is 0 Å². The third-order valence-electron chi connectivity index (χ3n) is 5.72. The van der Waals surface area contributed by atoms with Crippen LogP contribution in [0.2, 0.25) is 0 Å². The van der Waals surface area contributed by atoms with Crippen LogP contribution in [0.4, 0.5) is 0 Å². The third kappa shape index (κ3) is 25.2. The lowest BCUT2D eigenvalue weighted by molar-refractivity contribution is -0.153. The molecular weight excluding hydrogens is 527 g/mol. The molecule has 0 rings (SSSR count). The van der Waals surface area contributed by atoms with E-state index in [4.69, 9.17) is 14.4 Å². The van der Waals surface area contributed by atoms with Crippen LogP contribution >= 0.6 is 7.82 Å². The summed E-state index contributed by atoms with van der Waals surface area (Å²) in [6.07, 6.45) is 21.4. The number of aliphatic hydroxyl groups excluding tert-OH is 2. The van der Waals surface area contributed by atoms with Crippen LogP contribution < -0.4 is 0 Å². The number of carbonyl (C=O) groups excluding carboxylic acids is 2. The number of hydrogen-bond acceptors (Lipinski definition) is 9. The molecule has 0 aliphatic rings. The Hall–Kier alpha value is -1.55. The molecule has 0 spiro atoms. The smallest absolute Gasteiger partial charge is 0.458 e. The number of unbranched alkanes of at least 4 members (excludes halogenated alkanes) is 10. The Kier molecular flexibility index (Phi) is 24.4. The van der Waals surface area contributed by atoms with Gasteiger partial charge in [0.25, 0.3) is 0 Å². The van der Waals surface area contributed by atoms with Crippen molar-refractivity contribution in [2.45, 2.75) is 116 Å². The van der Waals surface area contributed by atoms with Gasteiger partial charge >= 0.3 is 19.8 Å². The average molecular weight is 579 g/mol. The highest BCUT2D eigenvalue weighted by atomic mass is 31.2. The van der Waals surface area contributed by atoms with Crippen molar-refractivity contribution in [1.29, 1.82) is 0 Å². The fourth-order valence-electron chi connectivity index (χ4n) is 3.55. The van der Waals surface area contributed by atoms with Gasteiger partial charge in [-0.3, -0.25) is 18.6 Å². The van der Waals surface area contributed by atoms with Gasteiger partial charge in [0.15, 0.2) is 0 Å². The lowest BCUT2D eigenvalue weighted by Gasteiger charge is -2.20. The van der Waals surface area contributed by atoms with E-state index in [1.165, 1.54) is 44.9 Å². The van der Waals surface area contributed by atoms with E-state index in [0.717, 1.165) is 39.0 Å². The summed E-state index contributed by atoms with van der Waals surface area (Å²) in [7, 11) is -4.58. The van der Waals surface area contributed by atoms with Gasteiger partial charge in [-0.2, -0.15) is 0 Å². The Morgan fingerprint density at radius 3 is 1.74 bits per heavy atom. The molecule has 0 saturated carbocycles. The van der Waals surface area contributed by atoms with Crippen LogP contribution in [0.5, 0.6) is 0 Å². The maximum absolute atomic E-state index is 12.0. The van der Waals surface area contributed by atoms with Crippen LogP contribution in [0.1, 0.15) is 104 Å². The number of ether oxygens (including phenoxy) is 2. The summed E-state index contributed by atoms with van der Waals surface area (Å²) >= 11 is 0. The average Bonchev–Trinajstić information content (AvgIpc) is 2.90. The largest absolute Gasteiger partial charge is 0.472 e. The zero-order chi connectivity index (χ0) is 29.2. The summed E-state index contributed by atoms with van der Waals surface area (Å²) in [5, 5.41) is 18.5. The van der Waals surface area contributed by atoms with Gasteiger partial charge in [0.05, 0.1) is 26.4 Å². The second kappa shape index (κ2) is 25.4. The lowest BCUT2D eigenvalue weighted by Crippen LogP contribution is -2.28. The second-order valence-corrected chi connectivity index (χ2v) is 10.9. The van der Waals surface area contributed by atoms with Crippen LogP contribution in [0, 0.1) is 0 Å². The maximum atomic E-state index is 12.0. The van der Waals surface area contributed by atoms with Gasteiger partial charge in [0.1, 0.15) is 12.2 Å². The minimum absolute atomic E-state index is 0.183. The molecule has 0 radical (unpaired) electrons. The predicted octanol–water partition coefficient (Wildman–Crippen LogP) is 5.54. The molecule has 0 bridgehead atoms. The normalized spacial score (nSPS) is 14.9. The van der Waals surface area contributed by atoms with Gasteiger partial charge in [0.2, 0.25) is 0 Å². The minimum Gasteiger partial charge on any atom is -0.458 e. The van der Waals surface area contributed by atoms with Crippen molar-refractivity contribution in [2.24, 2.45) is 0 Å². The molecule has 0 aromatic rings. The minimum atomic E-state index is -4.58. The molecule has 0 aliphatic carbocycles. The molecule has 3 atom stereocenters. The van der Waals surface area contributed by atoms with E-state index in [9.17, 15) is 24.2 Å². The van der Waals surface area contributed by atoms with Gasteiger partial charge in [-0.15, -0.1) is 0 Å². The van der Waals surface area contributed by atoms with Gasteiger partial charge in [-0.05, 0) is 38.5 Å². The number of esters is 2. The van der Waals surface area contributed by atoms with Crippen LogP contribution in [0.25, 0.3) is 0 Å². The van der Waals surface area contributed by atoms with Crippen molar-refractivity contribution >= 4 is 19.8 Å². The third-order valence-corrected chi connectivity index (χ3v) is 6.67. The van der Waals surface area contributed by atoms with Crippen molar-refractivity contribution in [2.75, 3.05) is 26.4 Å². The molecule has 0 heterocycles. The van der Waals surface area contributed by atoms with Gasteiger partial charge in [-0.1, -0.05) is 76.2 Å². The molecule has 10 nitrogen and oxygen atoms in total. The van der Waals surface area contributed by atoms with Gasteiger partial charge < -0.3 is 24.6 Å². The van der Waals surface area contributed by atoms with E-state index in [-0.39, 0.29) is 6.42 Å². The Balaban J connectivity index is 3.83. The molecular formula is C28H51O10P. The predicted molar refractivity (Wildman–Crippen MR) is 150 cm³/mol. The number of aliphatic hydroxyl groups is 2. The molecule has 3 unspecified atom stereocenters. The standard InChI is InChI=1S/C28H51O10P/c1-3-4-5-6-7-8-9-10-11-12-13-14-15-16-17-18-19-20-28(32)38-27(22-30)24-36-39(33,34)35-23-26(21-29)37-25(2)31/h7-8,10-11,26-27,29-30H,3-6,9,12-24H2,1-2H3,(H,33,34)/b8-7-,11-10-. The van der Waals surface area contributed by atoms with Crippen molar-refractivity contribution < 1.29 is 47.8 Å². The number of hydrogen-bond donors (Lipinski definition) is 3. The SMILES string of the molecule is CCCCC/C=C\C/C=C\CCCCCCCCCC(=O)OC(CO)COP(=O)(O)OCC(CO)OC(C)=O. The summed E-state index contributed by atoms with van der Waals surface area (Å²) in [5.41, 5.74) is 0. The summed E-state index contributed by atoms with van der Waals surface area (Å²) < 4.78 is 31.1. The van der Waals surface area contributed by atoms with Crippen molar-refractivity contribution in [3.05, 3.63) is 24.3 Å². The van der Waals surface area contributed by atoms with E-state index < -0.39 is 58.4 Å². The Morgan fingerprint density at radius 2 is 1.23 bits per heavy atom. The topological polar surface area (TPSA) is 149 Å². The van der Waals surface area contributed by atoms with E-state index >= 15 is 0 Å². The summed E-state index contributed by atoms with van der Waals surface area (Å²) in [6.45, 7) is 1.01. The molecule has 0 saturated heterocycles. The van der Waals surface area contributed by atoms with E-state index in [1.54, 1.807) is 0 Å². The molecule has 11 heteroatoms. The van der Waals surface area contributed by atoms with Gasteiger partial charge in [-0.25, -0.2) is 4.57 Å². The highest BCUT2D eigenvalue weighted by Crippen LogP contribution is 2.43. The summed E-state index contributed by atoms with van der Waals surface area (Å²) in [5.74, 6) is -1.21. The Bertz CT molecular complexity index is 725. The highest BCUT2D eigenvalue weighted by molar-refractivity contribution is 7.47. The van der Waals surface area contributed by atoms with Gasteiger partial charge in [0, 0.05) is 13.3 Å². The summed E-state index contributed by atoms with van der Waals surface area (Å²) in [6, 6.07) is 0. The number of rotatable bonds is 26. The molecule has 0 aromatic heterocycles. The zero-order valence-electron chi connectivity index (χ0n) is 23.8. The fourth-order valence-corrected chi connectivity index (χ4v) is 4.34. The van der Waals surface area contributed by atoms with Crippen molar-refractivity contribution in [1.82, 2.24) is 0 Å². The number of carbonyl (C=O) groups is 2. The first kappa shape index (κ1) is 37.5. The Morgan fingerprint density at radius 1 is 0.744 bits per heavy atom. The van der Waals surface area contributed by atoms with E-state index in [1.807, 2.05) is 0 Å². The van der Waals surface area contributed by atoms with E-state index in [2.05, 4.69) is 40.5 Å². The summed E-state index contributed by atoms with van der Waals surface area (Å²) in [4.78, 5) is 32.6. The molecule has 0 fully saturated rings. The number of phosphoric acid groups is 1. The zero-order valence-corrected chi connectivity index (χ0v) is 24.7. The first-order chi connectivity index (χ1) is 18.7. The first-order valence-electron chi connectivity index (χ1n) is 14.2. The van der Waals surface area contributed by atoms with Crippen LogP contribution in [0.3, 0.4) is 0 Å². The van der Waals surface area contributed by atoms with Crippen molar-refractivity contribution in [3.8, 4) is 0 Å². The molecule has 0 amide bonds. The second-order valence-electron chi connectivity index (χ2n) is 9.46. The highest BCUT2D eigenvalue weighted by Gasteiger charge is 2.27. The Labute approximate surface area is 234 Å². The first-order valence-corrected chi connectivity index (χ1v) is 15.7. The van der Waals surface area contributed by atoms with Crippen LogP contribution in [-0.2, 0) is 32.7 Å². The quantitative estimate of drug-likeness (QED) is 0.0517. The van der Waals surface area contributed by atoms with Crippen LogP contribution in [-0.4, -0.2) is 65.7 Å². The number of allylic oxidation sites excluding steroid dienone is 4. The fraction of sp³-hybridized carbons (Fsp3) is 0.786. The molecule has 0 aliphatic heterocycles. The lowest BCUT2D eigenvalue weighted by atomic mass is 10.1. The number of phosphoric ester groups is 1. The molecule has 3 N–H and O–H groups in total. The molecule has 228 valence electrons. The van der Waals surface area contributed by atoms with Crippen LogP contribution in [0.15, 0.2) is 24.3 Å².